The van der Waals surface area contributed by atoms with E-state index in [1.165, 1.54) is 19.3 Å². The molecule has 0 spiro atoms. The lowest BCUT2D eigenvalue weighted by Crippen LogP contribution is -2.41. The van der Waals surface area contributed by atoms with Crippen molar-refractivity contribution in [3.63, 3.8) is 0 Å². The van der Waals surface area contributed by atoms with Crippen LogP contribution in [-0.2, 0) is 4.79 Å². The molecule has 1 fully saturated rings. The van der Waals surface area contributed by atoms with Crippen LogP contribution >= 0.6 is 0 Å². The highest BCUT2D eigenvalue weighted by Gasteiger charge is 2.21. The van der Waals surface area contributed by atoms with Crippen LogP contribution in [0.25, 0.3) is 0 Å². The van der Waals surface area contributed by atoms with Gasteiger partial charge in [-0.05, 0) is 38.8 Å². The Balaban J connectivity index is 2.24. The minimum absolute atomic E-state index is 0.101. The summed E-state index contributed by atoms with van der Waals surface area (Å²) in [6.07, 6.45) is 5.83. The number of rotatable bonds is 6. The Hall–Kier alpha value is -0.650. The predicted molar refractivity (Wildman–Crippen MR) is 62.5 cm³/mol. The second kappa shape index (κ2) is 7.60. The Labute approximate surface area is 97.0 Å². The maximum Gasteiger partial charge on any atom is 0.233 e. The van der Waals surface area contributed by atoms with Gasteiger partial charge < -0.3 is 10.0 Å². The van der Waals surface area contributed by atoms with Crippen molar-refractivity contribution in [2.45, 2.75) is 44.6 Å². The summed E-state index contributed by atoms with van der Waals surface area (Å²) in [7, 11) is 0. The first-order chi connectivity index (χ1) is 7.77. The van der Waals surface area contributed by atoms with Crippen molar-refractivity contribution in [3.05, 3.63) is 0 Å². The van der Waals surface area contributed by atoms with E-state index in [-0.39, 0.29) is 12.5 Å². The molecule has 1 rings (SSSR count). The number of nitrogens with one attached hydrogen (secondary N) is 1. The molecule has 0 radical (unpaired) electrons. The summed E-state index contributed by atoms with van der Waals surface area (Å²) in [6, 6.07) is 0.500. The van der Waals surface area contributed by atoms with Gasteiger partial charge in [0.2, 0.25) is 5.91 Å². The van der Waals surface area contributed by atoms with E-state index in [9.17, 15) is 4.79 Å². The predicted octanol–water partition coefficient (Wildman–Crippen LogP) is -0.00660. The van der Waals surface area contributed by atoms with Crippen LogP contribution in [0, 0.1) is 0 Å². The molecule has 5 nitrogen and oxygen atoms in total. The Morgan fingerprint density at radius 3 is 3.00 bits per heavy atom. The number of carbonyl (C=O) groups is 1. The molecule has 1 atom stereocenters. The van der Waals surface area contributed by atoms with E-state index >= 15 is 0 Å². The van der Waals surface area contributed by atoms with Gasteiger partial charge in [0, 0.05) is 19.1 Å². The van der Waals surface area contributed by atoms with Crippen molar-refractivity contribution in [2.75, 3.05) is 19.7 Å². The average Bonchev–Trinajstić information content (AvgIpc) is 2.31. The van der Waals surface area contributed by atoms with E-state index in [0.29, 0.717) is 12.5 Å². The molecule has 1 aliphatic heterocycles. The van der Waals surface area contributed by atoms with Crippen LogP contribution < -0.4 is 11.3 Å². The molecule has 4 N–H and O–H groups in total. The standard InChI is InChI=1S/C11H23N3O2/c12-13-11(16)5-3-8-14-7-2-1-4-10(14)6-9-15/h10,15H,1-9,12H2,(H,13,16). The number of carbonyl (C=O) groups excluding carboxylic acids is 1. The van der Waals surface area contributed by atoms with Crippen molar-refractivity contribution in [1.82, 2.24) is 10.3 Å². The van der Waals surface area contributed by atoms with Gasteiger partial charge in [-0.3, -0.25) is 10.2 Å². The van der Waals surface area contributed by atoms with Gasteiger partial charge >= 0.3 is 0 Å². The number of nitrogens with zero attached hydrogens (tertiary/aromatic N) is 1. The normalized spacial score (nSPS) is 22.0. The maximum absolute atomic E-state index is 11.0. The summed E-state index contributed by atoms with van der Waals surface area (Å²) in [5, 5.41) is 8.98. The quantitative estimate of drug-likeness (QED) is 0.340. The fourth-order valence-corrected chi connectivity index (χ4v) is 2.35. The van der Waals surface area contributed by atoms with Crippen molar-refractivity contribution in [1.29, 1.82) is 0 Å². The summed E-state index contributed by atoms with van der Waals surface area (Å²) >= 11 is 0. The van der Waals surface area contributed by atoms with Crippen LogP contribution in [0.1, 0.15) is 38.5 Å². The molecule has 0 aromatic rings. The zero-order valence-electron chi connectivity index (χ0n) is 9.82. The minimum atomic E-state index is -0.101. The first kappa shape index (κ1) is 13.4. The Morgan fingerprint density at radius 2 is 2.31 bits per heavy atom. The number of aliphatic hydroxyl groups excluding tert-OH is 1. The third-order valence-electron chi connectivity index (χ3n) is 3.22. The van der Waals surface area contributed by atoms with Crippen LogP contribution in [0.4, 0.5) is 0 Å². The molecule has 1 heterocycles. The summed E-state index contributed by atoms with van der Waals surface area (Å²) < 4.78 is 0. The highest BCUT2D eigenvalue weighted by Crippen LogP contribution is 2.19. The fraction of sp³-hybridized carbons (Fsp3) is 0.909. The lowest BCUT2D eigenvalue weighted by Gasteiger charge is -2.35. The van der Waals surface area contributed by atoms with Crippen molar-refractivity contribution in [3.8, 4) is 0 Å². The van der Waals surface area contributed by atoms with Crippen molar-refractivity contribution in [2.24, 2.45) is 5.84 Å². The lowest BCUT2D eigenvalue weighted by molar-refractivity contribution is -0.121. The molecule has 0 aliphatic carbocycles. The zero-order chi connectivity index (χ0) is 11.8. The summed E-state index contributed by atoms with van der Waals surface area (Å²) in [6.45, 7) is 2.28. The van der Waals surface area contributed by atoms with Crippen LogP contribution in [0.3, 0.4) is 0 Å². The summed E-state index contributed by atoms with van der Waals surface area (Å²) in [4.78, 5) is 13.4. The van der Waals surface area contributed by atoms with E-state index in [2.05, 4.69) is 10.3 Å². The monoisotopic (exact) mass is 229 g/mol. The number of aliphatic hydroxyl groups is 1. The van der Waals surface area contributed by atoms with Crippen LogP contribution in [0.5, 0.6) is 0 Å². The fourth-order valence-electron chi connectivity index (χ4n) is 2.35. The summed E-state index contributed by atoms with van der Waals surface area (Å²) in [5.74, 6) is 4.92. The van der Waals surface area contributed by atoms with Crippen LogP contribution in [0.2, 0.25) is 0 Å². The number of piperidine rings is 1. The molecule has 1 aliphatic rings. The molecule has 0 aromatic heterocycles. The van der Waals surface area contributed by atoms with E-state index in [1.54, 1.807) is 0 Å². The van der Waals surface area contributed by atoms with Gasteiger partial charge in [-0.15, -0.1) is 0 Å². The third-order valence-corrected chi connectivity index (χ3v) is 3.22. The molecule has 1 saturated heterocycles. The molecule has 1 amide bonds. The number of nitrogens with two attached hydrogens (primary N) is 1. The SMILES string of the molecule is NNC(=O)CCCN1CCCCC1CCO. The van der Waals surface area contributed by atoms with Crippen LogP contribution in [0.15, 0.2) is 0 Å². The van der Waals surface area contributed by atoms with Gasteiger partial charge in [0.15, 0.2) is 0 Å². The Kier molecular flexibility index (Phi) is 6.37. The Morgan fingerprint density at radius 1 is 1.50 bits per heavy atom. The van der Waals surface area contributed by atoms with E-state index in [1.807, 2.05) is 0 Å². The largest absolute Gasteiger partial charge is 0.396 e. The number of hydrogen-bond donors (Lipinski definition) is 3. The van der Waals surface area contributed by atoms with Gasteiger partial charge in [-0.25, -0.2) is 5.84 Å². The van der Waals surface area contributed by atoms with Crippen molar-refractivity contribution >= 4 is 5.91 Å². The van der Waals surface area contributed by atoms with Gasteiger partial charge in [-0.2, -0.15) is 0 Å². The molecule has 0 aromatic carbocycles. The van der Waals surface area contributed by atoms with Gasteiger partial charge in [-0.1, -0.05) is 6.42 Å². The molecular formula is C11H23N3O2. The van der Waals surface area contributed by atoms with Gasteiger partial charge in [0.05, 0.1) is 0 Å². The number of amides is 1. The smallest absolute Gasteiger partial charge is 0.233 e. The highest BCUT2D eigenvalue weighted by atomic mass is 16.3. The average molecular weight is 229 g/mol. The molecule has 94 valence electrons. The topological polar surface area (TPSA) is 78.6 Å². The van der Waals surface area contributed by atoms with Gasteiger partial charge in [0.1, 0.15) is 0 Å². The molecule has 16 heavy (non-hydrogen) atoms. The van der Waals surface area contributed by atoms with Crippen LogP contribution in [-0.4, -0.2) is 41.7 Å². The molecule has 5 heteroatoms. The first-order valence-corrected chi connectivity index (χ1v) is 6.12. The number of likely N-dealkylation sites (tertiary alicyclic amines) is 1. The van der Waals surface area contributed by atoms with E-state index in [4.69, 9.17) is 10.9 Å². The van der Waals surface area contributed by atoms with E-state index < -0.39 is 0 Å². The number of hydrazine groups is 1. The number of hydrogen-bond acceptors (Lipinski definition) is 4. The second-order valence-electron chi connectivity index (χ2n) is 4.37. The van der Waals surface area contributed by atoms with Gasteiger partial charge in [0.25, 0.3) is 0 Å². The third kappa shape index (κ3) is 4.47. The molecule has 1 unspecified atom stereocenters. The molecule has 0 saturated carbocycles. The van der Waals surface area contributed by atoms with E-state index in [0.717, 1.165) is 25.9 Å². The Bertz CT molecular complexity index is 209. The lowest BCUT2D eigenvalue weighted by atomic mass is 9.99. The minimum Gasteiger partial charge on any atom is -0.396 e. The first-order valence-electron chi connectivity index (χ1n) is 6.12. The molecular weight excluding hydrogens is 206 g/mol. The maximum atomic E-state index is 11.0. The highest BCUT2D eigenvalue weighted by molar-refractivity contribution is 5.75. The summed E-state index contributed by atoms with van der Waals surface area (Å²) in [5.41, 5.74) is 2.14. The van der Waals surface area contributed by atoms with Crippen molar-refractivity contribution < 1.29 is 9.90 Å². The molecule has 0 bridgehead atoms. The second-order valence-corrected chi connectivity index (χ2v) is 4.37. The zero-order valence-corrected chi connectivity index (χ0v) is 9.82.